The molecule has 0 saturated carbocycles. The molecule has 0 atom stereocenters. The van der Waals surface area contributed by atoms with Gasteiger partial charge in [0.15, 0.2) is 0 Å². The molecule has 1 saturated heterocycles. The summed E-state index contributed by atoms with van der Waals surface area (Å²) < 4.78 is 0. The van der Waals surface area contributed by atoms with Crippen molar-refractivity contribution < 1.29 is 14.4 Å². The van der Waals surface area contributed by atoms with Gasteiger partial charge in [0.1, 0.15) is 0 Å². The number of amides is 4. The second kappa shape index (κ2) is 9.79. The average molecular weight is 360 g/mol. The van der Waals surface area contributed by atoms with E-state index in [1.807, 2.05) is 29.2 Å². The minimum absolute atomic E-state index is 0.0295. The Morgan fingerprint density at radius 3 is 2.31 bits per heavy atom. The minimum atomic E-state index is -0.339. The van der Waals surface area contributed by atoms with Crippen LogP contribution in [-0.4, -0.2) is 61.4 Å². The Morgan fingerprint density at radius 1 is 1.04 bits per heavy atom. The van der Waals surface area contributed by atoms with E-state index in [2.05, 4.69) is 10.6 Å². The number of rotatable bonds is 7. The van der Waals surface area contributed by atoms with Crippen molar-refractivity contribution in [3.63, 3.8) is 0 Å². The molecule has 0 spiro atoms. The Balaban J connectivity index is 1.70. The molecule has 0 aromatic heterocycles. The largest absolute Gasteiger partial charge is 0.349 e. The molecule has 1 fully saturated rings. The number of hydrogen-bond acceptors (Lipinski definition) is 3. The van der Waals surface area contributed by atoms with E-state index in [1.165, 1.54) is 4.90 Å². The summed E-state index contributed by atoms with van der Waals surface area (Å²) in [7, 11) is 3.37. The molecule has 1 aromatic carbocycles. The smallest absolute Gasteiger partial charge is 0.319 e. The fourth-order valence-electron chi connectivity index (χ4n) is 2.81. The molecule has 0 bridgehead atoms. The number of urea groups is 1. The molecule has 2 N–H and O–H groups in total. The van der Waals surface area contributed by atoms with Crippen LogP contribution in [0, 0.1) is 0 Å². The molecule has 142 valence electrons. The Kier molecular flexibility index (Phi) is 7.44. The number of nitrogens with one attached hydrogen (secondary N) is 2. The third-order valence-electron chi connectivity index (χ3n) is 4.42. The van der Waals surface area contributed by atoms with Gasteiger partial charge in [-0.15, -0.1) is 0 Å². The molecule has 0 unspecified atom stereocenters. The van der Waals surface area contributed by atoms with E-state index < -0.39 is 0 Å². The maximum absolute atomic E-state index is 12.1. The fourth-order valence-corrected chi connectivity index (χ4v) is 2.81. The van der Waals surface area contributed by atoms with Crippen molar-refractivity contribution in [2.75, 3.05) is 39.0 Å². The lowest BCUT2D eigenvalue weighted by Gasteiger charge is -2.15. The van der Waals surface area contributed by atoms with Gasteiger partial charge in [-0.2, -0.15) is 0 Å². The molecule has 7 nitrogen and oxygen atoms in total. The number of nitrogens with zero attached hydrogens (tertiary/aromatic N) is 2. The number of anilines is 1. The highest BCUT2D eigenvalue weighted by Crippen LogP contribution is 2.14. The number of carbonyl (C=O) groups is 3. The third-order valence-corrected chi connectivity index (χ3v) is 4.42. The zero-order chi connectivity index (χ0) is 18.9. The Labute approximate surface area is 154 Å². The lowest BCUT2D eigenvalue weighted by molar-refractivity contribution is -0.130. The van der Waals surface area contributed by atoms with Crippen LogP contribution in [0.5, 0.6) is 0 Å². The van der Waals surface area contributed by atoms with Crippen molar-refractivity contribution in [1.29, 1.82) is 0 Å². The first kappa shape index (κ1) is 19.8. The first-order valence-corrected chi connectivity index (χ1v) is 9.07. The van der Waals surface area contributed by atoms with Crippen molar-refractivity contribution >= 4 is 23.5 Å². The van der Waals surface area contributed by atoms with Gasteiger partial charge in [-0.05, 0) is 37.0 Å². The predicted molar refractivity (Wildman–Crippen MR) is 101 cm³/mol. The summed E-state index contributed by atoms with van der Waals surface area (Å²) in [5, 5.41) is 5.39. The van der Waals surface area contributed by atoms with Crippen LogP contribution in [0.15, 0.2) is 24.3 Å². The molecule has 2 rings (SSSR count). The van der Waals surface area contributed by atoms with Gasteiger partial charge in [0, 0.05) is 52.3 Å². The topological polar surface area (TPSA) is 81.8 Å². The van der Waals surface area contributed by atoms with Gasteiger partial charge in [0.2, 0.25) is 11.8 Å². The number of aryl methyl sites for hydroxylation is 1. The normalized spacial score (nSPS) is 13.4. The molecule has 1 heterocycles. The van der Waals surface area contributed by atoms with E-state index in [9.17, 15) is 14.4 Å². The van der Waals surface area contributed by atoms with E-state index in [0.29, 0.717) is 25.1 Å². The monoisotopic (exact) mass is 360 g/mol. The predicted octanol–water partition coefficient (Wildman–Crippen LogP) is 1.84. The standard InChI is InChI=1S/C19H28N4O3/c1-22(2)17(24)11-12-20-19(26)21-16-8-5-15(6-9-16)7-10-18(25)23-13-3-4-14-23/h5-6,8-9H,3-4,7,10-14H2,1-2H3,(H2,20,21,26). The van der Waals surface area contributed by atoms with Crippen molar-refractivity contribution in [2.24, 2.45) is 0 Å². The fraction of sp³-hybridized carbons (Fsp3) is 0.526. The Morgan fingerprint density at radius 2 is 1.69 bits per heavy atom. The maximum Gasteiger partial charge on any atom is 0.319 e. The number of hydrogen-bond donors (Lipinski definition) is 2. The van der Waals surface area contributed by atoms with Crippen molar-refractivity contribution in [2.45, 2.75) is 32.1 Å². The average Bonchev–Trinajstić information content (AvgIpc) is 3.15. The summed E-state index contributed by atoms with van der Waals surface area (Å²) in [6, 6.07) is 7.14. The molecule has 1 aromatic rings. The molecule has 0 radical (unpaired) electrons. The molecule has 4 amide bonds. The van der Waals surface area contributed by atoms with Gasteiger partial charge in [-0.1, -0.05) is 12.1 Å². The summed E-state index contributed by atoms with van der Waals surface area (Å²) in [4.78, 5) is 38.7. The van der Waals surface area contributed by atoms with E-state index >= 15 is 0 Å². The molecular weight excluding hydrogens is 332 g/mol. The van der Waals surface area contributed by atoms with Crippen LogP contribution in [0.4, 0.5) is 10.5 Å². The maximum atomic E-state index is 12.1. The zero-order valence-electron chi connectivity index (χ0n) is 15.6. The number of benzene rings is 1. The van der Waals surface area contributed by atoms with Gasteiger partial charge >= 0.3 is 6.03 Å². The second-order valence-corrected chi connectivity index (χ2v) is 6.70. The number of carbonyl (C=O) groups excluding carboxylic acids is 3. The van der Waals surface area contributed by atoms with Crippen molar-refractivity contribution in [3.05, 3.63) is 29.8 Å². The number of likely N-dealkylation sites (tertiary alicyclic amines) is 1. The summed E-state index contributed by atoms with van der Waals surface area (Å²) in [5.41, 5.74) is 1.75. The van der Waals surface area contributed by atoms with E-state index in [4.69, 9.17) is 0 Å². The quantitative estimate of drug-likeness (QED) is 0.778. The van der Waals surface area contributed by atoms with Crippen LogP contribution in [0.2, 0.25) is 0 Å². The highest BCUT2D eigenvalue weighted by atomic mass is 16.2. The van der Waals surface area contributed by atoms with Crippen LogP contribution in [0.1, 0.15) is 31.2 Å². The summed E-state index contributed by atoms with van der Waals surface area (Å²) in [5.74, 6) is 0.189. The van der Waals surface area contributed by atoms with Gasteiger partial charge in [0.05, 0.1) is 0 Å². The second-order valence-electron chi connectivity index (χ2n) is 6.70. The Bertz CT molecular complexity index is 622. The molecule has 7 heteroatoms. The van der Waals surface area contributed by atoms with Gasteiger partial charge in [0.25, 0.3) is 0 Å². The molecule has 1 aliphatic heterocycles. The van der Waals surface area contributed by atoms with Crippen LogP contribution < -0.4 is 10.6 Å². The van der Waals surface area contributed by atoms with Crippen LogP contribution >= 0.6 is 0 Å². The first-order valence-electron chi connectivity index (χ1n) is 9.07. The van der Waals surface area contributed by atoms with Crippen LogP contribution in [-0.2, 0) is 16.0 Å². The Hall–Kier alpha value is -2.57. The molecule has 0 aliphatic carbocycles. The lowest BCUT2D eigenvalue weighted by Crippen LogP contribution is -2.33. The van der Waals surface area contributed by atoms with Gasteiger partial charge in [-0.25, -0.2) is 4.79 Å². The molecule has 1 aliphatic rings. The summed E-state index contributed by atoms with van der Waals surface area (Å²) in [6.07, 6.45) is 3.71. The van der Waals surface area contributed by atoms with Gasteiger partial charge < -0.3 is 20.4 Å². The van der Waals surface area contributed by atoms with Crippen LogP contribution in [0.25, 0.3) is 0 Å². The van der Waals surface area contributed by atoms with E-state index in [-0.39, 0.29) is 24.3 Å². The highest BCUT2D eigenvalue weighted by Gasteiger charge is 2.17. The summed E-state index contributed by atoms with van der Waals surface area (Å²) >= 11 is 0. The zero-order valence-corrected chi connectivity index (χ0v) is 15.6. The first-order chi connectivity index (χ1) is 12.5. The molecular formula is C19H28N4O3. The third kappa shape index (κ3) is 6.38. The minimum Gasteiger partial charge on any atom is -0.349 e. The summed E-state index contributed by atoms with van der Waals surface area (Å²) in [6.45, 7) is 2.06. The van der Waals surface area contributed by atoms with Crippen molar-refractivity contribution in [3.8, 4) is 0 Å². The van der Waals surface area contributed by atoms with E-state index in [0.717, 1.165) is 31.5 Å². The van der Waals surface area contributed by atoms with E-state index in [1.54, 1.807) is 14.1 Å². The highest BCUT2D eigenvalue weighted by molar-refractivity contribution is 5.89. The van der Waals surface area contributed by atoms with Crippen LogP contribution in [0.3, 0.4) is 0 Å². The molecule has 26 heavy (non-hydrogen) atoms. The van der Waals surface area contributed by atoms with Crippen molar-refractivity contribution in [1.82, 2.24) is 15.1 Å². The SMILES string of the molecule is CN(C)C(=O)CCNC(=O)Nc1ccc(CCC(=O)N2CCCC2)cc1. The lowest BCUT2D eigenvalue weighted by atomic mass is 10.1. The van der Waals surface area contributed by atoms with Gasteiger partial charge in [-0.3, -0.25) is 9.59 Å².